The third kappa shape index (κ3) is 3.47. The quantitative estimate of drug-likeness (QED) is 0.759. The number of carbonyl (C=O) groups is 1. The molecule has 1 aromatic heterocycles. The highest BCUT2D eigenvalue weighted by atomic mass is 16.5. The molecule has 106 valence electrons. The van der Waals surface area contributed by atoms with Crippen LogP contribution in [-0.4, -0.2) is 43.4 Å². The van der Waals surface area contributed by atoms with Gasteiger partial charge in [0.25, 0.3) is 6.01 Å². The lowest BCUT2D eigenvalue weighted by Gasteiger charge is -2.31. The van der Waals surface area contributed by atoms with E-state index in [2.05, 4.69) is 4.98 Å². The molecule has 1 aliphatic heterocycles. The van der Waals surface area contributed by atoms with E-state index in [1.54, 1.807) is 6.92 Å². The van der Waals surface area contributed by atoms with Crippen molar-refractivity contribution in [2.24, 2.45) is 0 Å². The van der Waals surface area contributed by atoms with Gasteiger partial charge in [-0.25, -0.2) is 4.79 Å². The van der Waals surface area contributed by atoms with Crippen molar-refractivity contribution in [3.05, 3.63) is 12.0 Å². The highest BCUT2D eigenvalue weighted by molar-refractivity contribution is 5.87. The number of ether oxygens (including phenoxy) is 2. The maximum atomic E-state index is 11.5. The maximum absolute atomic E-state index is 11.5. The predicted molar refractivity (Wildman–Crippen MR) is 69.3 cm³/mol. The molecule has 1 fully saturated rings. The molecule has 1 aromatic rings. The van der Waals surface area contributed by atoms with Gasteiger partial charge in [0.05, 0.1) is 12.7 Å². The lowest BCUT2D eigenvalue weighted by atomic mass is 10.1. The van der Waals surface area contributed by atoms with Crippen LogP contribution >= 0.6 is 0 Å². The lowest BCUT2D eigenvalue weighted by molar-refractivity contribution is 0.0516. The minimum absolute atomic E-state index is 0.205. The van der Waals surface area contributed by atoms with Gasteiger partial charge in [0.1, 0.15) is 6.26 Å². The molecule has 6 heteroatoms. The topological polar surface area (TPSA) is 64.8 Å². The summed E-state index contributed by atoms with van der Waals surface area (Å²) in [6, 6.07) is 0.465. The van der Waals surface area contributed by atoms with E-state index < -0.39 is 5.97 Å². The van der Waals surface area contributed by atoms with E-state index in [4.69, 9.17) is 13.9 Å². The van der Waals surface area contributed by atoms with Gasteiger partial charge in [-0.05, 0) is 26.7 Å². The SMILES string of the molecule is CCOC(=O)c1coc(N2CCCC(OCC)C2)n1. The molecule has 2 heterocycles. The van der Waals surface area contributed by atoms with Crippen molar-refractivity contribution in [1.82, 2.24) is 4.98 Å². The van der Waals surface area contributed by atoms with Crippen LogP contribution in [0.2, 0.25) is 0 Å². The first kappa shape index (κ1) is 13.9. The Kier molecular flexibility index (Phi) is 4.79. The van der Waals surface area contributed by atoms with Gasteiger partial charge in [0.2, 0.25) is 0 Å². The Bertz CT molecular complexity index is 417. The Labute approximate surface area is 112 Å². The summed E-state index contributed by atoms with van der Waals surface area (Å²) in [4.78, 5) is 17.7. The summed E-state index contributed by atoms with van der Waals surface area (Å²) in [5.74, 6) is -0.448. The van der Waals surface area contributed by atoms with Crippen LogP contribution in [0.1, 0.15) is 37.2 Å². The average Bonchev–Trinajstić information content (AvgIpc) is 2.89. The number of aromatic nitrogens is 1. The molecular formula is C13H20N2O4. The molecule has 0 bridgehead atoms. The van der Waals surface area contributed by atoms with Crippen molar-refractivity contribution in [3.63, 3.8) is 0 Å². The number of anilines is 1. The molecule has 6 nitrogen and oxygen atoms in total. The van der Waals surface area contributed by atoms with Crippen molar-refractivity contribution >= 4 is 12.0 Å². The number of piperidine rings is 1. The molecule has 1 saturated heterocycles. The minimum Gasteiger partial charge on any atom is -0.461 e. The summed E-state index contributed by atoms with van der Waals surface area (Å²) in [6.07, 6.45) is 3.63. The molecule has 2 rings (SSSR count). The fourth-order valence-electron chi connectivity index (χ4n) is 2.19. The Morgan fingerprint density at radius 2 is 2.37 bits per heavy atom. The van der Waals surface area contributed by atoms with E-state index in [0.717, 1.165) is 25.9 Å². The number of rotatable bonds is 5. The first-order chi connectivity index (χ1) is 9.24. The Morgan fingerprint density at radius 1 is 1.53 bits per heavy atom. The highest BCUT2D eigenvalue weighted by Gasteiger charge is 2.24. The van der Waals surface area contributed by atoms with Crippen molar-refractivity contribution in [2.45, 2.75) is 32.8 Å². The predicted octanol–water partition coefficient (Wildman–Crippen LogP) is 1.86. The number of oxazole rings is 1. The second-order valence-corrected chi connectivity index (χ2v) is 4.40. The van der Waals surface area contributed by atoms with E-state index >= 15 is 0 Å². The summed E-state index contributed by atoms with van der Waals surface area (Å²) < 4.78 is 15.9. The minimum atomic E-state index is -0.448. The molecular weight excluding hydrogens is 248 g/mol. The van der Waals surface area contributed by atoms with Gasteiger partial charge in [-0.1, -0.05) is 0 Å². The maximum Gasteiger partial charge on any atom is 0.360 e. The molecule has 0 N–H and O–H groups in total. The van der Waals surface area contributed by atoms with Crippen LogP contribution in [-0.2, 0) is 9.47 Å². The van der Waals surface area contributed by atoms with Crippen LogP contribution in [0.25, 0.3) is 0 Å². The first-order valence-electron chi connectivity index (χ1n) is 6.73. The number of hydrogen-bond acceptors (Lipinski definition) is 6. The average molecular weight is 268 g/mol. The Hall–Kier alpha value is -1.56. The monoisotopic (exact) mass is 268 g/mol. The highest BCUT2D eigenvalue weighted by Crippen LogP contribution is 2.21. The van der Waals surface area contributed by atoms with E-state index in [0.29, 0.717) is 19.2 Å². The first-order valence-corrected chi connectivity index (χ1v) is 6.73. The largest absolute Gasteiger partial charge is 0.461 e. The van der Waals surface area contributed by atoms with Crippen LogP contribution < -0.4 is 4.90 Å². The van der Waals surface area contributed by atoms with Crippen molar-refractivity contribution in [1.29, 1.82) is 0 Å². The molecule has 0 aromatic carbocycles. The van der Waals surface area contributed by atoms with Gasteiger partial charge in [0.15, 0.2) is 5.69 Å². The van der Waals surface area contributed by atoms with Gasteiger partial charge >= 0.3 is 5.97 Å². The van der Waals surface area contributed by atoms with Crippen LogP contribution in [0.3, 0.4) is 0 Å². The Balaban J connectivity index is 1.99. The van der Waals surface area contributed by atoms with Gasteiger partial charge in [-0.15, -0.1) is 0 Å². The lowest BCUT2D eigenvalue weighted by Crippen LogP contribution is -2.40. The van der Waals surface area contributed by atoms with Crippen molar-refractivity contribution < 1.29 is 18.7 Å². The standard InChI is InChI=1S/C13H20N2O4/c1-3-17-10-6-5-7-15(8-10)13-14-11(9-19-13)12(16)18-4-2/h9-10H,3-8H2,1-2H3. The zero-order chi connectivity index (χ0) is 13.7. The van der Waals surface area contributed by atoms with Crippen LogP contribution in [0.5, 0.6) is 0 Å². The zero-order valence-corrected chi connectivity index (χ0v) is 11.4. The molecule has 1 aliphatic rings. The summed E-state index contributed by atoms with van der Waals surface area (Å²) in [6.45, 7) is 6.40. The van der Waals surface area contributed by atoms with Gasteiger partial charge < -0.3 is 18.8 Å². The van der Waals surface area contributed by atoms with Crippen LogP contribution in [0, 0.1) is 0 Å². The summed E-state index contributed by atoms with van der Waals surface area (Å²) in [5.41, 5.74) is 0.218. The van der Waals surface area contributed by atoms with Gasteiger partial charge in [-0.3, -0.25) is 0 Å². The normalized spacial score (nSPS) is 19.5. The van der Waals surface area contributed by atoms with E-state index in [-0.39, 0.29) is 11.8 Å². The number of nitrogens with zero attached hydrogens (tertiary/aromatic N) is 2. The van der Waals surface area contributed by atoms with Gasteiger partial charge in [-0.2, -0.15) is 4.98 Å². The summed E-state index contributed by atoms with van der Waals surface area (Å²) in [5, 5.41) is 0. The fourth-order valence-corrected chi connectivity index (χ4v) is 2.19. The third-order valence-corrected chi connectivity index (χ3v) is 3.03. The number of carbonyl (C=O) groups excluding carboxylic acids is 1. The molecule has 1 unspecified atom stereocenters. The van der Waals surface area contributed by atoms with Crippen molar-refractivity contribution in [2.75, 3.05) is 31.2 Å². The van der Waals surface area contributed by atoms with Crippen molar-refractivity contribution in [3.8, 4) is 0 Å². The number of esters is 1. The molecule has 0 radical (unpaired) electrons. The molecule has 19 heavy (non-hydrogen) atoms. The third-order valence-electron chi connectivity index (χ3n) is 3.03. The smallest absolute Gasteiger partial charge is 0.360 e. The molecule has 0 amide bonds. The molecule has 0 saturated carbocycles. The molecule has 0 aliphatic carbocycles. The summed E-state index contributed by atoms with van der Waals surface area (Å²) in [7, 11) is 0. The molecule has 0 spiro atoms. The van der Waals surface area contributed by atoms with E-state index in [1.165, 1.54) is 6.26 Å². The van der Waals surface area contributed by atoms with E-state index in [1.807, 2.05) is 11.8 Å². The summed E-state index contributed by atoms with van der Waals surface area (Å²) >= 11 is 0. The second kappa shape index (κ2) is 6.56. The van der Waals surface area contributed by atoms with Gasteiger partial charge in [0, 0.05) is 19.7 Å². The Morgan fingerprint density at radius 3 is 3.11 bits per heavy atom. The second-order valence-electron chi connectivity index (χ2n) is 4.40. The fraction of sp³-hybridized carbons (Fsp3) is 0.692. The zero-order valence-electron chi connectivity index (χ0n) is 11.4. The van der Waals surface area contributed by atoms with Crippen LogP contribution in [0.4, 0.5) is 6.01 Å². The number of hydrogen-bond donors (Lipinski definition) is 0. The van der Waals surface area contributed by atoms with Crippen LogP contribution in [0.15, 0.2) is 10.7 Å². The molecule has 1 atom stereocenters. The van der Waals surface area contributed by atoms with E-state index in [9.17, 15) is 4.79 Å².